The highest BCUT2D eigenvalue weighted by Crippen LogP contribution is 2.31. The Bertz CT molecular complexity index is 723. The summed E-state index contributed by atoms with van der Waals surface area (Å²) in [5, 5.41) is 3.55. The van der Waals surface area contributed by atoms with E-state index in [1.54, 1.807) is 7.11 Å². The second-order valence-electron chi connectivity index (χ2n) is 7.21. The van der Waals surface area contributed by atoms with Gasteiger partial charge in [-0.2, -0.15) is 0 Å². The summed E-state index contributed by atoms with van der Waals surface area (Å²) in [5.74, 6) is 1.60. The van der Waals surface area contributed by atoms with Crippen molar-refractivity contribution in [2.24, 2.45) is 0 Å². The largest absolute Gasteiger partial charge is 1.00 e. The second-order valence-corrected chi connectivity index (χ2v) is 7.21. The van der Waals surface area contributed by atoms with Gasteiger partial charge in [0.15, 0.2) is 11.5 Å². The molecule has 1 aliphatic heterocycles. The SMILES string of the molecule is COc1cccc(CNCCCN2CCOCC2)c1OCc1ccc(C)cc1.[Cl-].[Cl-]. The average molecular weight is 455 g/mol. The van der Waals surface area contributed by atoms with Crippen LogP contribution in [-0.2, 0) is 17.9 Å². The first kappa shape index (κ1) is 26.5. The lowest BCUT2D eigenvalue weighted by atomic mass is 10.1. The topological polar surface area (TPSA) is 43.0 Å². The summed E-state index contributed by atoms with van der Waals surface area (Å²) in [5.41, 5.74) is 3.53. The molecule has 0 aromatic heterocycles. The zero-order valence-electron chi connectivity index (χ0n) is 17.8. The van der Waals surface area contributed by atoms with Gasteiger partial charge in [0.2, 0.25) is 0 Å². The van der Waals surface area contributed by atoms with Gasteiger partial charge in [-0.3, -0.25) is 4.90 Å². The van der Waals surface area contributed by atoms with Crippen LogP contribution >= 0.6 is 0 Å². The molecule has 30 heavy (non-hydrogen) atoms. The van der Waals surface area contributed by atoms with E-state index in [1.165, 1.54) is 5.56 Å². The maximum atomic E-state index is 6.15. The average Bonchev–Trinajstić information content (AvgIpc) is 2.74. The van der Waals surface area contributed by atoms with Crippen LogP contribution in [0.1, 0.15) is 23.1 Å². The molecule has 0 radical (unpaired) electrons. The van der Waals surface area contributed by atoms with Crippen LogP contribution in [0.25, 0.3) is 0 Å². The van der Waals surface area contributed by atoms with Crippen molar-refractivity contribution in [3.8, 4) is 11.5 Å². The van der Waals surface area contributed by atoms with Crippen LogP contribution in [0, 0.1) is 6.92 Å². The van der Waals surface area contributed by atoms with Crippen LogP contribution in [0.15, 0.2) is 42.5 Å². The molecule has 7 heteroatoms. The van der Waals surface area contributed by atoms with E-state index >= 15 is 0 Å². The highest BCUT2D eigenvalue weighted by molar-refractivity contribution is 5.46. The molecule has 5 nitrogen and oxygen atoms in total. The molecule has 0 saturated carbocycles. The van der Waals surface area contributed by atoms with Crippen molar-refractivity contribution < 1.29 is 39.0 Å². The maximum Gasteiger partial charge on any atom is 0.166 e. The van der Waals surface area contributed by atoms with E-state index in [-0.39, 0.29) is 24.8 Å². The minimum absolute atomic E-state index is 0. The van der Waals surface area contributed by atoms with Gasteiger partial charge in [-0.05, 0) is 38.1 Å². The highest BCUT2D eigenvalue weighted by atomic mass is 35.5. The zero-order valence-corrected chi connectivity index (χ0v) is 19.3. The number of nitrogens with zero attached hydrogens (tertiary/aromatic N) is 1. The Labute approximate surface area is 192 Å². The van der Waals surface area contributed by atoms with Crippen molar-refractivity contribution in [3.05, 3.63) is 59.2 Å². The molecule has 0 spiro atoms. The molecule has 2 aromatic rings. The third kappa shape index (κ3) is 8.32. The van der Waals surface area contributed by atoms with E-state index in [2.05, 4.69) is 47.5 Å². The van der Waals surface area contributed by atoms with Gasteiger partial charge >= 0.3 is 0 Å². The van der Waals surface area contributed by atoms with Crippen molar-refractivity contribution in [3.63, 3.8) is 0 Å². The van der Waals surface area contributed by atoms with E-state index in [1.807, 2.05) is 12.1 Å². The summed E-state index contributed by atoms with van der Waals surface area (Å²) < 4.78 is 17.1. The fraction of sp³-hybridized carbons (Fsp3) is 0.478. The van der Waals surface area contributed by atoms with Crippen LogP contribution in [0.5, 0.6) is 11.5 Å². The molecule has 1 aliphatic rings. The van der Waals surface area contributed by atoms with Gasteiger partial charge in [0.05, 0.1) is 20.3 Å². The lowest BCUT2D eigenvalue weighted by molar-refractivity contribution is -0.00100. The van der Waals surface area contributed by atoms with Crippen molar-refractivity contribution in [1.82, 2.24) is 10.2 Å². The fourth-order valence-corrected chi connectivity index (χ4v) is 3.34. The molecule has 1 N–H and O–H groups in total. The number of halogens is 2. The zero-order chi connectivity index (χ0) is 19.6. The Morgan fingerprint density at radius 1 is 1.03 bits per heavy atom. The molecule has 1 fully saturated rings. The van der Waals surface area contributed by atoms with Crippen molar-refractivity contribution >= 4 is 0 Å². The van der Waals surface area contributed by atoms with Crippen LogP contribution < -0.4 is 39.6 Å². The van der Waals surface area contributed by atoms with Crippen LogP contribution in [0.2, 0.25) is 0 Å². The highest BCUT2D eigenvalue weighted by Gasteiger charge is 2.12. The quantitative estimate of drug-likeness (QED) is 0.399. The lowest BCUT2D eigenvalue weighted by Crippen LogP contribution is -3.00. The third-order valence-electron chi connectivity index (χ3n) is 5.03. The number of rotatable bonds is 10. The van der Waals surface area contributed by atoms with Gasteiger partial charge in [-0.1, -0.05) is 42.0 Å². The number of methoxy groups -OCH3 is 1. The molecule has 168 valence electrons. The van der Waals surface area contributed by atoms with E-state index < -0.39 is 0 Å². The molecule has 1 heterocycles. The molecule has 0 amide bonds. The lowest BCUT2D eigenvalue weighted by Gasteiger charge is -2.26. The molecule has 2 aromatic carbocycles. The minimum atomic E-state index is 0. The van der Waals surface area contributed by atoms with Gasteiger partial charge in [-0.15, -0.1) is 0 Å². The van der Waals surface area contributed by atoms with Crippen LogP contribution in [-0.4, -0.2) is 51.4 Å². The number of para-hydroxylation sites is 1. The van der Waals surface area contributed by atoms with E-state index in [9.17, 15) is 0 Å². The predicted octanol–water partition coefficient (Wildman–Crippen LogP) is -2.60. The summed E-state index contributed by atoms with van der Waals surface area (Å²) in [6, 6.07) is 14.5. The first-order chi connectivity index (χ1) is 13.8. The Kier molecular flexibility index (Phi) is 12.8. The summed E-state index contributed by atoms with van der Waals surface area (Å²) in [4.78, 5) is 2.47. The summed E-state index contributed by atoms with van der Waals surface area (Å²) in [7, 11) is 1.69. The van der Waals surface area contributed by atoms with Gasteiger partial charge < -0.3 is 44.3 Å². The molecule has 0 atom stereocenters. The first-order valence-corrected chi connectivity index (χ1v) is 10.1. The van der Waals surface area contributed by atoms with Crippen molar-refractivity contribution in [1.29, 1.82) is 0 Å². The van der Waals surface area contributed by atoms with Gasteiger partial charge in [0.1, 0.15) is 6.61 Å². The Morgan fingerprint density at radius 2 is 1.77 bits per heavy atom. The Balaban J connectivity index is 0.00000225. The second kappa shape index (κ2) is 14.5. The molecule has 3 rings (SSSR count). The molecule has 0 unspecified atom stereocenters. The standard InChI is InChI=1S/C23H32N2O3.2ClH/c1-19-7-9-20(10-8-19)18-28-23-21(5-3-6-22(23)26-2)17-24-11-4-12-25-13-15-27-16-14-25;;/h3,5-10,24H,4,11-18H2,1-2H3;2*1H/p-2. The van der Waals surface area contributed by atoms with Gasteiger partial charge in [-0.25, -0.2) is 0 Å². The number of hydrogen-bond donors (Lipinski definition) is 1. The van der Waals surface area contributed by atoms with E-state index in [4.69, 9.17) is 14.2 Å². The number of ether oxygens (including phenoxy) is 3. The van der Waals surface area contributed by atoms with E-state index in [0.29, 0.717) is 6.61 Å². The van der Waals surface area contributed by atoms with Crippen LogP contribution in [0.4, 0.5) is 0 Å². The molecular weight excluding hydrogens is 423 g/mol. The third-order valence-corrected chi connectivity index (χ3v) is 5.03. The summed E-state index contributed by atoms with van der Waals surface area (Å²) in [6.45, 7) is 9.30. The Hall–Kier alpha value is -1.50. The summed E-state index contributed by atoms with van der Waals surface area (Å²) in [6.07, 6.45) is 1.13. The first-order valence-electron chi connectivity index (χ1n) is 10.1. The van der Waals surface area contributed by atoms with E-state index in [0.717, 1.165) is 75.0 Å². The molecule has 1 saturated heterocycles. The number of benzene rings is 2. The Morgan fingerprint density at radius 3 is 2.47 bits per heavy atom. The number of aryl methyl sites for hydroxylation is 1. The molecule has 0 aliphatic carbocycles. The minimum Gasteiger partial charge on any atom is -1.00 e. The number of nitrogens with one attached hydrogen (secondary N) is 1. The maximum absolute atomic E-state index is 6.15. The van der Waals surface area contributed by atoms with Crippen LogP contribution in [0.3, 0.4) is 0 Å². The monoisotopic (exact) mass is 454 g/mol. The predicted molar refractivity (Wildman–Crippen MR) is 112 cm³/mol. The summed E-state index contributed by atoms with van der Waals surface area (Å²) >= 11 is 0. The van der Waals surface area contributed by atoms with Crippen molar-refractivity contribution in [2.45, 2.75) is 26.5 Å². The fourth-order valence-electron chi connectivity index (χ4n) is 3.34. The van der Waals surface area contributed by atoms with Gasteiger partial charge in [0, 0.05) is 25.2 Å². The molecule has 0 bridgehead atoms. The van der Waals surface area contributed by atoms with Gasteiger partial charge in [0.25, 0.3) is 0 Å². The smallest absolute Gasteiger partial charge is 0.166 e. The normalized spacial score (nSPS) is 13.8. The number of morpholine rings is 1. The molecular formula is C23H32Cl2N2O3-2. The van der Waals surface area contributed by atoms with Crippen molar-refractivity contribution in [2.75, 3.05) is 46.5 Å². The number of hydrogen-bond acceptors (Lipinski definition) is 5.